The van der Waals surface area contributed by atoms with E-state index in [1.165, 1.54) is 12.1 Å². The Morgan fingerprint density at radius 3 is 2.68 bits per heavy atom. The Morgan fingerprint density at radius 1 is 1.28 bits per heavy atom. The highest BCUT2D eigenvalue weighted by Crippen LogP contribution is 2.31. The summed E-state index contributed by atoms with van der Waals surface area (Å²) in [7, 11) is 1.86. The lowest BCUT2D eigenvalue weighted by Crippen LogP contribution is -2.42. The Morgan fingerprint density at radius 2 is 2.00 bits per heavy atom. The fraction of sp³-hybridized carbons (Fsp3) is 0.450. The van der Waals surface area contributed by atoms with Gasteiger partial charge in [0.2, 0.25) is 0 Å². The molecule has 0 aliphatic carbocycles. The van der Waals surface area contributed by atoms with Gasteiger partial charge in [0, 0.05) is 31.9 Å². The third kappa shape index (κ3) is 3.76. The average Bonchev–Trinajstić information content (AvgIpc) is 3.11. The number of amides is 1. The van der Waals surface area contributed by atoms with Crippen molar-refractivity contribution in [2.45, 2.75) is 44.9 Å². The minimum absolute atomic E-state index is 0.0310. The van der Waals surface area contributed by atoms with Gasteiger partial charge in [-0.05, 0) is 56.5 Å². The monoisotopic (exact) mass is 344 g/mol. The molecule has 2 heterocycles. The summed E-state index contributed by atoms with van der Waals surface area (Å²) in [6, 6.07) is 10.5. The van der Waals surface area contributed by atoms with Crippen molar-refractivity contribution in [2.75, 3.05) is 13.7 Å². The Kier molecular flexibility index (Phi) is 5.23. The molecule has 1 aliphatic rings. The van der Waals surface area contributed by atoms with Crippen LogP contribution in [0.4, 0.5) is 4.39 Å². The molecule has 25 heavy (non-hydrogen) atoms. The van der Waals surface area contributed by atoms with Gasteiger partial charge in [0.15, 0.2) is 0 Å². The topological polar surface area (TPSA) is 34.5 Å². The third-order valence-electron chi connectivity index (χ3n) is 4.92. The summed E-state index contributed by atoms with van der Waals surface area (Å²) in [5.74, 6) is -0.221. The van der Waals surface area contributed by atoms with E-state index in [0.29, 0.717) is 12.3 Å². The van der Waals surface area contributed by atoms with Crippen LogP contribution in [0.5, 0.6) is 0 Å². The molecule has 1 aromatic carbocycles. The fourth-order valence-corrected chi connectivity index (χ4v) is 3.41. The Hall–Kier alpha value is -2.14. The lowest BCUT2D eigenvalue weighted by atomic mass is 9.96. The van der Waals surface area contributed by atoms with Crippen molar-refractivity contribution < 1.29 is 13.9 Å². The largest absolute Gasteiger partial charge is 0.373 e. The van der Waals surface area contributed by atoms with Gasteiger partial charge in [0.1, 0.15) is 11.5 Å². The number of aromatic nitrogens is 1. The van der Waals surface area contributed by atoms with Crippen LogP contribution in [0.1, 0.15) is 54.9 Å². The van der Waals surface area contributed by atoms with Gasteiger partial charge in [-0.1, -0.05) is 12.1 Å². The normalized spacial score (nSPS) is 20.7. The van der Waals surface area contributed by atoms with E-state index in [9.17, 15) is 9.18 Å². The molecule has 0 unspecified atom stereocenters. The van der Waals surface area contributed by atoms with Crippen molar-refractivity contribution in [3.05, 3.63) is 59.7 Å². The summed E-state index contributed by atoms with van der Waals surface area (Å²) in [6.45, 7) is 4.72. The molecule has 1 aliphatic heterocycles. The minimum Gasteiger partial charge on any atom is -0.373 e. The van der Waals surface area contributed by atoms with Gasteiger partial charge in [-0.25, -0.2) is 4.39 Å². The molecule has 0 bridgehead atoms. The van der Waals surface area contributed by atoms with Crippen molar-refractivity contribution in [1.82, 2.24) is 9.47 Å². The second-order valence-electron chi connectivity index (χ2n) is 6.90. The fourth-order valence-electron chi connectivity index (χ4n) is 3.41. The minimum atomic E-state index is -0.252. The van der Waals surface area contributed by atoms with Crippen LogP contribution < -0.4 is 0 Å². The number of carbonyl (C=O) groups excluding carboxylic acids is 1. The quantitative estimate of drug-likeness (QED) is 0.833. The second-order valence-corrected chi connectivity index (χ2v) is 6.90. The maximum absolute atomic E-state index is 13.1. The summed E-state index contributed by atoms with van der Waals surface area (Å²) in [4.78, 5) is 14.8. The lowest BCUT2D eigenvalue weighted by Gasteiger charge is -2.36. The van der Waals surface area contributed by atoms with E-state index in [4.69, 9.17) is 4.74 Å². The molecule has 3 rings (SSSR count). The molecule has 2 aromatic rings. The molecule has 2 atom stereocenters. The SMILES string of the molecule is CC(C)n1cccc1C(=O)N(C)[C@H]1CCO[C@@H](c2ccc(F)cc2)C1. The van der Waals surface area contributed by atoms with E-state index in [1.54, 1.807) is 12.1 Å². The van der Waals surface area contributed by atoms with Crippen LogP contribution in [-0.2, 0) is 4.74 Å². The van der Waals surface area contributed by atoms with Crippen LogP contribution in [0.15, 0.2) is 42.6 Å². The predicted molar refractivity (Wildman–Crippen MR) is 95.0 cm³/mol. The van der Waals surface area contributed by atoms with Gasteiger partial charge >= 0.3 is 0 Å². The molecule has 1 aromatic heterocycles. The molecule has 1 fully saturated rings. The van der Waals surface area contributed by atoms with Gasteiger partial charge in [-0.15, -0.1) is 0 Å². The van der Waals surface area contributed by atoms with Crippen molar-refractivity contribution in [1.29, 1.82) is 0 Å². The van der Waals surface area contributed by atoms with E-state index in [1.807, 2.05) is 34.8 Å². The summed E-state index contributed by atoms with van der Waals surface area (Å²) in [6.07, 6.45) is 3.36. The van der Waals surface area contributed by atoms with Gasteiger partial charge in [0.05, 0.1) is 6.10 Å². The van der Waals surface area contributed by atoms with Crippen LogP contribution in [0.2, 0.25) is 0 Å². The van der Waals surface area contributed by atoms with Crippen molar-refractivity contribution in [3.8, 4) is 0 Å². The summed E-state index contributed by atoms with van der Waals surface area (Å²) in [5, 5.41) is 0. The van der Waals surface area contributed by atoms with E-state index >= 15 is 0 Å². The highest BCUT2D eigenvalue weighted by atomic mass is 19.1. The number of ether oxygens (including phenoxy) is 1. The second kappa shape index (κ2) is 7.40. The van der Waals surface area contributed by atoms with E-state index in [0.717, 1.165) is 18.4 Å². The van der Waals surface area contributed by atoms with E-state index < -0.39 is 0 Å². The number of hydrogen-bond donors (Lipinski definition) is 0. The average molecular weight is 344 g/mol. The Bertz CT molecular complexity index is 724. The highest BCUT2D eigenvalue weighted by molar-refractivity contribution is 5.92. The Balaban J connectivity index is 1.73. The van der Waals surface area contributed by atoms with Gasteiger partial charge in [-0.3, -0.25) is 4.79 Å². The number of halogens is 1. The molecule has 0 N–H and O–H groups in total. The number of nitrogens with zero attached hydrogens (tertiary/aromatic N) is 2. The van der Waals surface area contributed by atoms with E-state index in [-0.39, 0.29) is 29.9 Å². The zero-order valence-corrected chi connectivity index (χ0v) is 15.0. The zero-order valence-electron chi connectivity index (χ0n) is 15.0. The predicted octanol–water partition coefficient (Wildman–Crippen LogP) is 4.20. The maximum Gasteiger partial charge on any atom is 0.270 e. The smallest absolute Gasteiger partial charge is 0.270 e. The first-order valence-corrected chi connectivity index (χ1v) is 8.78. The van der Waals surface area contributed by atoms with Crippen LogP contribution in [0.3, 0.4) is 0 Å². The number of hydrogen-bond acceptors (Lipinski definition) is 2. The molecular formula is C20H25FN2O2. The standard InChI is InChI=1S/C20H25FN2O2/c1-14(2)23-11-4-5-18(23)20(24)22(3)17-10-12-25-19(13-17)15-6-8-16(21)9-7-15/h4-9,11,14,17,19H,10,12-13H2,1-3H3/t17-,19+/m0/s1. The van der Waals surface area contributed by atoms with Gasteiger partial charge < -0.3 is 14.2 Å². The summed E-state index contributed by atoms with van der Waals surface area (Å²) >= 11 is 0. The Labute approximate surface area is 148 Å². The maximum atomic E-state index is 13.1. The van der Waals surface area contributed by atoms with Crippen molar-refractivity contribution in [2.24, 2.45) is 0 Å². The lowest BCUT2D eigenvalue weighted by molar-refractivity contribution is -0.0199. The van der Waals surface area contributed by atoms with Gasteiger partial charge in [-0.2, -0.15) is 0 Å². The molecule has 0 spiro atoms. The first-order chi connectivity index (χ1) is 12.0. The molecule has 0 saturated carbocycles. The van der Waals surface area contributed by atoms with Crippen molar-refractivity contribution in [3.63, 3.8) is 0 Å². The third-order valence-corrected chi connectivity index (χ3v) is 4.92. The van der Waals surface area contributed by atoms with Crippen LogP contribution >= 0.6 is 0 Å². The summed E-state index contributed by atoms with van der Waals surface area (Å²) < 4.78 is 21.0. The molecule has 1 amide bonds. The first kappa shape index (κ1) is 17.7. The van der Waals surface area contributed by atoms with Crippen LogP contribution in [0, 0.1) is 5.82 Å². The molecule has 5 heteroatoms. The zero-order chi connectivity index (χ0) is 18.0. The number of rotatable bonds is 4. The summed E-state index contributed by atoms with van der Waals surface area (Å²) in [5.41, 5.74) is 1.67. The molecule has 0 radical (unpaired) electrons. The number of benzene rings is 1. The first-order valence-electron chi connectivity index (χ1n) is 8.78. The molecule has 134 valence electrons. The van der Waals surface area contributed by atoms with Crippen molar-refractivity contribution >= 4 is 5.91 Å². The number of carbonyl (C=O) groups is 1. The molecule has 4 nitrogen and oxygen atoms in total. The van der Waals surface area contributed by atoms with Crippen LogP contribution in [0.25, 0.3) is 0 Å². The van der Waals surface area contributed by atoms with E-state index in [2.05, 4.69) is 13.8 Å². The van der Waals surface area contributed by atoms with Crippen LogP contribution in [-0.4, -0.2) is 35.1 Å². The highest BCUT2D eigenvalue weighted by Gasteiger charge is 2.30. The molecular weight excluding hydrogens is 319 g/mol. The molecule has 1 saturated heterocycles. The van der Waals surface area contributed by atoms with Gasteiger partial charge in [0.25, 0.3) is 5.91 Å².